The fourth-order valence-corrected chi connectivity index (χ4v) is 1.90. The highest BCUT2D eigenvalue weighted by atomic mass is 79.9. The molecule has 0 aromatic heterocycles. The summed E-state index contributed by atoms with van der Waals surface area (Å²) in [6.07, 6.45) is 2.44. The molecule has 0 radical (unpaired) electrons. The van der Waals surface area contributed by atoms with Gasteiger partial charge in [-0.1, -0.05) is 46.3 Å². The van der Waals surface area contributed by atoms with Gasteiger partial charge in [-0.25, -0.2) is 0 Å². The van der Waals surface area contributed by atoms with E-state index >= 15 is 0 Å². The first kappa shape index (κ1) is 11.7. The topological polar surface area (TPSA) is 9.23 Å². The van der Waals surface area contributed by atoms with Crippen LogP contribution in [0.3, 0.4) is 0 Å². The number of ether oxygens (including phenoxy) is 1. The van der Waals surface area contributed by atoms with Gasteiger partial charge in [0, 0.05) is 5.33 Å². The second kappa shape index (κ2) is 7.02. The van der Waals surface area contributed by atoms with Crippen LogP contribution in [0.4, 0.5) is 0 Å². The second-order valence-electron chi connectivity index (χ2n) is 3.39. The summed E-state index contributed by atoms with van der Waals surface area (Å²) in [6, 6.07) is 10.4. The van der Waals surface area contributed by atoms with Gasteiger partial charge in [0.05, 0.1) is 12.7 Å². The van der Waals surface area contributed by atoms with Crippen LogP contribution in [-0.2, 0) is 11.2 Å². The Labute approximate surface area is 94.6 Å². The lowest BCUT2D eigenvalue weighted by molar-refractivity contribution is 0.0669. The second-order valence-corrected chi connectivity index (χ2v) is 4.19. The number of rotatable bonds is 6. The molecule has 0 fully saturated rings. The van der Waals surface area contributed by atoms with Crippen LogP contribution < -0.4 is 0 Å². The first-order chi connectivity index (χ1) is 6.83. The van der Waals surface area contributed by atoms with Crippen molar-refractivity contribution in [1.82, 2.24) is 0 Å². The lowest BCUT2D eigenvalue weighted by Gasteiger charge is -2.11. The molecule has 0 saturated carbocycles. The predicted octanol–water partition coefficient (Wildman–Crippen LogP) is 3.42. The number of benzene rings is 1. The summed E-state index contributed by atoms with van der Waals surface area (Å²) in [6.45, 7) is 2.93. The Morgan fingerprint density at radius 1 is 1.29 bits per heavy atom. The lowest BCUT2D eigenvalue weighted by Crippen LogP contribution is -2.11. The normalized spacial score (nSPS) is 12.7. The van der Waals surface area contributed by atoms with E-state index < -0.39 is 0 Å². The molecule has 14 heavy (non-hydrogen) atoms. The first-order valence-corrected chi connectivity index (χ1v) is 6.16. The zero-order valence-electron chi connectivity index (χ0n) is 8.58. The summed E-state index contributed by atoms with van der Waals surface area (Å²) in [7, 11) is 0. The fourth-order valence-electron chi connectivity index (χ4n) is 1.26. The van der Waals surface area contributed by atoms with E-state index in [-0.39, 0.29) is 0 Å². The van der Waals surface area contributed by atoms with Crippen molar-refractivity contribution in [3.8, 4) is 0 Å². The van der Waals surface area contributed by atoms with E-state index in [1.54, 1.807) is 0 Å². The highest BCUT2D eigenvalue weighted by Gasteiger charge is 2.00. The molecule has 0 heterocycles. The molecular weight excluding hydrogens is 240 g/mol. The van der Waals surface area contributed by atoms with Crippen molar-refractivity contribution < 1.29 is 4.74 Å². The average molecular weight is 257 g/mol. The fraction of sp³-hybridized carbons (Fsp3) is 0.500. The SMILES string of the molecule is CC(CCBr)OCCc1ccccc1. The summed E-state index contributed by atoms with van der Waals surface area (Å²) < 4.78 is 5.66. The Morgan fingerprint density at radius 3 is 2.64 bits per heavy atom. The van der Waals surface area contributed by atoms with Gasteiger partial charge in [0.1, 0.15) is 0 Å². The van der Waals surface area contributed by atoms with Gasteiger partial charge in [0.15, 0.2) is 0 Å². The van der Waals surface area contributed by atoms with Crippen LogP contribution in [0.1, 0.15) is 18.9 Å². The van der Waals surface area contributed by atoms with Crippen molar-refractivity contribution in [2.75, 3.05) is 11.9 Å². The van der Waals surface area contributed by atoms with Crippen LogP contribution in [0.2, 0.25) is 0 Å². The molecule has 1 atom stereocenters. The van der Waals surface area contributed by atoms with Crippen molar-refractivity contribution >= 4 is 15.9 Å². The van der Waals surface area contributed by atoms with Crippen molar-refractivity contribution in [2.45, 2.75) is 25.9 Å². The third-order valence-electron chi connectivity index (χ3n) is 2.15. The van der Waals surface area contributed by atoms with Gasteiger partial charge in [-0.2, -0.15) is 0 Å². The molecule has 2 heteroatoms. The zero-order chi connectivity index (χ0) is 10.2. The van der Waals surface area contributed by atoms with E-state index in [4.69, 9.17) is 4.74 Å². The summed E-state index contributed by atoms with van der Waals surface area (Å²) >= 11 is 3.41. The highest BCUT2D eigenvalue weighted by Crippen LogP contribution is 2.03. The molecule has 78 valence electrons. The Kier molecular flexibility index (Phi) is 5.88. The number of hydrogen-bond donors (Lipinski definition) is 0. The third-order valence-corrected chi connectivity index (χ3v) is 2.61. The van der Waals surface area contributed by atoms with Gasteiger partial charge in [0.2, 0.25) is 0 Å². The molecule has 1 nitrogen and oxygen atoms in total. The molecule has 1 aromatic carbocycles. The number of halogens is 1. The molecule has 0 aliphatic heterocycles. The van der Waals surface area contributed by atoms with Crippen molar-refractivity contribution in [1.29, 1.82) is 0 Å². The molecule has 0 amide bonds. The molecule has 1 rings (SSSR count). The Morgan fingerprint density at radius 2 is 2.00 bits per heavy atom. The van der Waals surface area contributed by atoms with Crippen LogP contribution in [-0.4, -0.2) is 18.0 Å². The molecule has 0 aliphatic carbocycles. The smallest absolute Gasteiger partial charge is 0.0555 e. The number of alkyl halides is 1. The maximum absolute atomic E-state index is 5.66. The van der Waals surface area contributed by atoms with Gasteiger partial charge in [-0.3, -0.25) is 0 Å². The molecule has 0 spiro atoms. The average Bonchev–Trinajstić information content (AvgIpc) is 2.20. The number of hydrogen-bond acceptors (Lipinski definition) is 1. The molecule has 1 unspecified atom stereocenters. The van der Waals surface area contributed by atoms with E-state index in [1.807, 2.05) is 6.07 Å². The van der Waals surface area contributed by atoms with Crippen LogP contribution in [0.25, 0.3) is 0 Å². The Bertz CT molecular complexity index is 235. The van der Waals surface area contributed by atoms with E-state index in [0.29, 0.717) is 6.10 Å². The zero-order valence-corrected chi connectivity index (χ0v) is 10.2. The molecular formula is C12H17BrO. The summed E-state index contributed by atoms with van der Waals surface area (Å²) in [5.41, 5.74) is 1.35. The van der Waals surface area contributed by atoms with Crippen LogP contribution in [0.5, 0.6) is 0 Å². The van der Waals surface area contributed by atoms with Gasteiger partial charge in [0.25, 0.3) is 0 Å². The predicted molar refractivity (Wildman–Crippen MR) is 64.0 cm³/mol. The molecule has 0 aliphatic rings. The summed E-state index contributed by atoms with van der Waals surface area (Å²) in [5.74, 6) is 0. The maximum Gasteiger partial charge on any atom is 0.0555 e. The maximum atomic E-state index is 5.66. The quantitative estimate of drug-likeness (QED) is 0.709. The van der Waals surface area contributed by atoms with Gasteiger partial charge in [-0.05, 0) is 25.3 Å². The van der Waals surface area contributed by atoms with E-state index in [1.165, 1.54) is 5.56 Å². The Hall–Kier alpha value is -0.340. The van der Waals surface area contributed by atoms with Gasteiger partial charge in [-0.15, -0.1) is 0 Å². The molecule has 0 bridgehead atoms. The molecule has 0 saturated heterocycles. The van der Waals surface area contributed by atoms with Crippen LogP contribution >= 0.6 is 15.9 Å². The van der Waals surface area contributed by atoms with Crippen molar-refractivity contribution in [2.24, 2.45) is 0 Å². The third kappa shape index (κ3) is 4.77. The first-order valence-electron chi connectivity index (χ1n) is 5.04. The minimum atomic E-state index is 0.359. The monoisotopic (exact) mass is 256 g/mol. The highest BCUT2D eigenvalue weighted by molar-refractivity contribution is 9.09. The summed E-state index contributed by atoms with van der Waals surface area (Å²) in [4.78, 5) is 0. The summed E-state index contributed by atoms with van der Waals surface area (Å²) in [5, 5.41) is 1.01. The van der Waals surface area contributed by atoms with Gasteiger partial charge >= 0.3 is 0 Å². The Balaban J connectivity index is 2.16. The van der Waals surface area contributed by atoms with Crippen LogP contribution in [0.15, 0.2) is 30.3 Å². The minimum absolute atomic E-state index is 0.359. The standard InChI is InChI=1S/C12H17BrO/c1-11(7-9-13)14-10-8-12-5-3-2-4-6-12/h2-6,11H,7-10H2,1H3. The van der Waals surface area contributed by atoms with Crippen molar-refractivity contribution in [3.05, 3.63) is 35.9 Å². The largest absolute Gasteiger partial charge is 0.378 e. The molecule has 0 N–H and O–H groups in total. The molecule has 1 aromatic rings. The van der Waals surface area contributed by atoms with E-state index in [0.717, 1.165) is 24.8 Å². The van der Waals surface area contributed by atoms with Crippen LogP contribution in [0, 0.1) is 0 Å². The minimum Gasteiger partial charge on any atom is -0.378 e. The van der Waals surface area contributed by atoms with Gasteiger partial charge < -0.3 is 4.74 Å². The van der Waals surface area contributed by atoms with E-state index in [9.17, 15) is 0 Å². The van der Waals surface area contributed by atoms with Crippen molar-refractivity contribution in [3.63, 3.8) is 0 Å². The van der Waals surface area contributed by atoms with E-state index in [2.05, 4.69) is 47.1 Å². The lowest BCUT2D eigenvalue weighted by atomic mass is 10.2.